The van der Waals surface area contributed by atoms with Crippen molar-refractivity contribution >= 4 is 45.7 Å². The van der Waals surface area contributed by atoms with E-state index in [1.54, 1.807) is 0 Å². The molecule has 106 valence electrons. The lowest BCUT2D eigenvalue weighted by molar-refractivity contribution is 0.755. The molecule has 1 atom stereocenters. The van der Waals surface area contributed by atoms with Crippen molar-refractivity contribution in [1.82, 2.24) is 4.98 Å². The molecule has 1 aromatic heterocycles. The van der Waals surface area contributed by atoms with Gasteiger partial charge in [-0.25, -0.2) is 4.98 Å². The lowest BCUT2D eigenvalue weighted by atomic mass is 10.1. The maximum atomic E-state index is 5.86. The monoisotopic (exact) mass is 305 g/mol. The van der Waals surface area contributed by atoms with Crippen molar-refractivity contribution in [2.45, 2.75) is 13.0 Å². The van der Waals surface area contributed by atoms with E-state index in [0.717, 1.165) is 28.0 Å². The highest BCUT2D eigenvalue weighted by molar-refractivity contribution is 7.98. The lowest BCUT2D eigenvalue weighted by Gasteiger charge is -2.26. The molecule has 1 heterocycles. The highest BCUT2D eigenvalue weighted by Crippen LogP contribution is 2.24. The molecule has 0 saturated carbocycles. The number of nitrogens with two attached hydrogens (primary N) is 1. The second-order valence-electron chi connectivity index (χ2n) is 4.82. The van der Waals surface area contributed by atoms with Gasteiger partial charge in [-0.2, -0.15) is 11.8 Å². The number of rotatable bonds is 5. The predicted molar refractivity (Wildman–Crippen MR) is 93.9 cm³/mol. The van der Waals surface area contributed by atoms with Crippen molar-refractivity contribution in [3.05, 3.63) is 35.9 Å². The van der Waals surface area contributed by atoms with Crippen molar-refractivity contribution in [3.8, 4) is 0 Å². The third kappa shape index (κ3) is 3.04. The Morgan fingerprint density at radius 3 is 2.80 bits per heavy atom. The minimum atomic E-state index is 0.401. The zero-order chi connectivity index (χ0) is 14.7. The van der Waals surface area contributed by atoms with E-state index >= 15 is 0 Å². The third-order valence-electron chi connectivity index (χ3n) is 3.40. The molecular formula is C15H19N3S2. The Bertz CT molecular complexity index is 628. The fraction of sp³-hybridized carbons (Fsp3) is 0.333. The van der Waals surface area contributed by atoms with Crippen LogP contribution in [-0.2, 0) is 0 Å². The number of hydrogen-bond acceptors (Lipinski definition) is 4. The Labute approximate surface area is 129 Å². The van der Waals surface area contributed by atoms with Crippen molar-refractivity contribution < 1.29 is 0 Å². The highest BCUT2D eigenvalue weighted by Gasteiger charge is 2.14. The first-order chi connectivity index (χ1) is 9.54. The molecule has 1 aromatic carbocycles. The van der Waals surface area contributed by atoms with Crippen molar-refractivity contribution in [1.29, 1.82) is 0 Å². The molecule has 0 spiro atoms. The van der Waals surface area contributed by atoms with Gasteiger partial charge in [-0.15, -0.1) is 0 Å². The fourth-order valence-electron chi connectivity index (χ4n) is 2.12. The summed E-state index contributed by atoms with van der Waals surface area (Å²) in [5.74, 6) is 1.96. The molecule has 0 amide bonds. The maximum Gasteiger partial charge on any atom is 0.129 e. The minimum Gasteiger partial charge on any atom is -0.389 e. The molecule has 2 rings (SSSR count). The van der Waals surface area contributed by atoms with Crippen molar-refractivity contribution in [3.63, 3.8) is 0 Å². The van der Waals surface area contributed by atoms with Gasteiger partial charge >= 0.3 is 0 Å². The Balaban J connectivity index is 2.52. The summed E-state index contributed by atoms with van der Waals surface area (Å²) < 4.78 is 0. The van der Waals surface area contributed by atoms with Gasteiger partial charge < -0.3 is 10.6 Å². The zero-order valence-corrected chi connectivity index (χ0v) is 13.6. The van der Waals surface area contributed by atoms with E-state index in [2.05, 4.69) is 25.1 Å². The number of benzene rings is 1. The Kier molecular flexibility index (Phi) is 4.83. The molecule has 2 N–H and O–H groups in total. The molecule has 0 aliphatic rings. The number of aromatic nitrogens is 1. The number of thioether (sulfide) groups is 1. The number of para-hydroxylation sites is 1. The van der Waals surface area contributed by atoms with Crippen LogP contribution in [0.5, 0.6) is 0 Å². The Hall–Kier alpha value is -1.33. The summed E-state index contributed by atoms with van der Waals surface area (Å²) >= 11 is 7.01. The maximum absolute atomic E-state index is 5.86. The number of pyridine rings is 1. The molecule has 1 unspecified atom stereocenters. The standard InChI is InChI=1S/C15H19N3S2/c1-10(9-20-3)18(2)14-8-12(15(16)19)11-6-4-5-7-13(11)17-14/h4-8,10H,9H2,1-3H3,(H2,16,19). The van der Waals surface area contributed by atoms with Crippen molar-refractivity contribution in [2.75, 3.05) is 24.0 Å². The van der Waals surface area contributed by atoms with Crippen molar-refractivity contribution in [2.24, 2.45) is 5.73 Å². The second-order valence-corrected chi connectivity index (χ2v) is 6.18. The van der Waals surface area contributed by atoms with Gasteiger partial charge in [0.15, 0.2) is 0 Å². The number of anilines is 1. The average Bonchev–Trinajstić information content (AvgIpc) is 2.45. The van der Waals surface area contributed by atoms with Gasteiger partial charge in [-0.3, -0.25) is 0 Å². The van der Waals surface area contributed by atoms with E-state index in [4.69, 9.17) is 22.9 Å². The first kappa shape index (κ1) is 15.1. The quantitative estimate of drug-likeness (QED) is 0.860. The van der Waals surface area contributed by atoms with Crippen LogP contribution in [-0.4, -0.2) is 35.1 Å². The van der Waals surface area contributed by atoms with E-state index in [1.807, 2.05) is 42.1 Å². The van der Waals surface area contributed by atoms with E-state index in [1.165, 1.54) is 0 Å². The van der Waals surface area contributed by atoms with Crippen LogP contribution in [0.15, 0.2) is 30.3 Å². The summed E-state index contributed by atoms with van der Waals surface area (Å²) in [4.78, 5) is 7.31. The molecule has 0 aliphatic heterocycles. The SMILES string of the molecule is CSCC(C)N(C)c1cc(C(N)=S)c2ccccc2n1. The van der Waals surface area contributed by atoms with Crippen LogP contribution < -0.4 is 10.6 Å². The largest absolute Gasteiger partial charge is 0.389 e. The second kappa shape index (κ2) is 6.41. The van der Waals surface area contributed by atoms with Crippen LogP contribution in [0.4, 0.5) is 5.82 Å². The molecular weight excluding hydrogens is 286 g/mol. The summed E-state index contributed by atoms with van der Waals surface area (Å²) in [7, 11) is 2.06. The molecule has 0 radical (unpaired) electrons. The smallest absolute Gasteiger partial charge is 0.129 e. The molecule has 0 bridgehead atoms. The topological polar surface area (TPSA) is 42.1 Å². The predicted octanol–water partition coefficient (Wildman–Crippen LogP) is 3.06. The summed E-state index contributed by atoms with van der Waals surface area (Å²) in [6, 6.07) is 10.3. The molecule has 3 nitrogen and oxygen atoms in total. The van der Waals surface area contributed by atoms with Gasteiger partial charge in [0.25, 0.3) is 0 Å². The summed E-state index contributed by atoms with van der Waals surface area (Å²) in [6.07, 6.45) is 2.11. The normalized spacial score (nSPS) is 12.3. The van der Waals surface area contributed by atoms with Gasteiger partial charge in [0.1, 0.15) is 10.8 Å². The Morgan fingerprint density at radius 2 is 2.15 bits per heavy atom. The molecule has 20 heavy (non-hydrogen) atoms. The average molecular weight is 305 g/mol. The summed E-state index contributed by atoms with van der Waals surface area (Å²) in [5.41, 5.74) is 7.68. The van der Waals surface area contributed by atoms with Gasteiger partial charge in [0.2, 0.25) is 0 Å². The summed E-state index contributed by atoms with van der Waals surface area (Å²) in [6.45, 7) is 2.19. The van der Waals surface area contributed by atoms with E-state index in [-0.39, 0.29) is 0 Å². The first-order valence-electron chi connectivity index (χ1n) is 6.46. The number of hydrogen-bond donors (Lipinski definition) is 1. The molecule has 0 aliphatic carbocycles. The molecule has 5 heteroatoms. The van der Waals surface area contributed by atoms with E-state index < -0.39 is 0 Å². The number of thiocarbonyl (C=S) groups is 1. The minimum absolute atomic E-state index is 0.401. The number of nitrogens with zero attached hydrogens (tertiary/aromatic N) is 2. The zero-order valence-electron chi connectivity index (χ0n) is 12.0. The van der Waals surface area contributed by atoms with Crippen LogP contribution in [0.25, 0.3) is 10.9 Å². The summed E-state index contributed by atoms with van der Waals surface area (Å²) in [5, 5.41) is 1.01. The van der Waals surface area contributed by atoms with Crippen LogP contribution in [0.3, 0.4) is 0 Å². The molecule has 0 saturated heterocycles. The van der Waals surface area contributed by atoms with Crippen LogP contribution in [0, 0.1) is 0 Å². The third-order valence-corrected chi connectivity index (χ3v) is 4.43. The lowest BCUT2D eigenvalue weighted by Crippen LogP contribution is -2.31. The Morgan fingerprint density at radius 1 is 1.45 bits per heavy atom. The van der Waals surface area contributed by atoms with Crippen LogP contribution in [0.1, 0.15) is 12.5 Å². The van der Waals surface area contributed by atoms with E-state index in [0.29, 0.717) is 11.0 Å². The number of fused-ring (bicyclic) bond motifs is 1. The first-order valence-corrected chi connectivity index (χ1v) is 8.26. The van der Waals surface area contributed by atoms with Gasteiger partial charge in [0, 0.05) is 29.8 Å². The van der Waals surface area contributed by atoms with Gasteiger partial charge in [-0.1, -0.05) is 30.4 Å². The van der Waals surface area contributed by atoms with Crippen LogP contribution >= 0.6 is 24.0 Å². The molecule has 2 aromatic rings. The van der Waals surface area contributed by atoms with E-state index in [9.17, 15) is 0 Å². The van der Waals surface area contributed by atoms with Gasteiger partial charge in [-0.05, 0) is 25.3 Å². The fourth-order valence-corrected chi connectivity index (χ4v) is 3.00. The molecule has 0 fully saturated rings. The highest BCUT2D eigenvalue weighted by atomic mass is 32.2. The van der Waals surface area contributed by atoms with Gasteiger partial charge in [0.05, 0.1) is 5.52 Å². The van der Waals surface area contributed by atoms with Crippen LogP contribution in [0.2, 0.25) is 0 Å².